The van der Waals surface area contributed by atoms with Gasteiger partial charge < -0.3 is 14.6 Å². The van der Waals surface area contributed by atoms with E-state index < -0.39 is 0 Å². The molecule has 0 saturated heterocycles. The largest absolute Gasteiger partial charge is 0.504 e. The van der Waals surface area contributed by atoms with Gasteiger partial charge in [-0.05, 0) is 30.4 Å². The molecule has 66 valence electrons. The van der Waals surface area contributed by atoms with Crippen LogP contribution in [0.15, 0.2) is 28.7 Å². The summed E-state index contributed by atoms with van der Waals surface area (Å²) >= 11 is 4.80. The van der Waals surface area contributed by atoms with Crippen molar-refractivity contribution >= 4 is 23.2 Å². The van der Waals surface area contributed by atoms with E-state index in [0.717, 1.165) is 0 Å². The van der Waals surface area contributed by atoms with E-state index in [1.807, 2.05) is 0 Å². The average molecular weight is 194 g/mol. The molecule has 3 nitrogen and oxygen atoms in total. The molecule has 1 aromatic carbocycles. The molecule has 0 bridgehead atoms. The van der Waals surface area contributed by atoms with E-state index in [9.17, 15) is 0 Å². The second-order valence-electron chi connectivity index (χ2n) is 2.63. The minimum Gasteiger partial charge on any atom is -0.504 e. The van der Waals surface area contributed by atoms with Crippen LogP contribution >= 0.6 is 12.2 Å². The Kier molecular flexibility index (Phi) is 1.70. The fourth-order valence-electron chi connectivity index (χ4n) is 1.09. The third-order valence-corrected chi connectivity index (χ3v) is 1.94. The molecule has 0 unspecified atom stereocenters. The summed E-state index contributed by atoms with van der Waals surface area (Å²) in [6.45, 7) is 0. The van der Waals surface area contributed by atoms with Gasteiger partial charge in [-0.3, -0.25) is 0 Å². The lowest BCUT2D eigenvalue weighted by Gasteiger charge is -1.99. The SMILES string of the molecule is Oc1cc2ccc(=S)oc2cc1O. The lowest BCUT2D eigenvalue weighted by atomic mass is 10.2. The smallest absolute Gasteiger partial charge is 0.190 e. The quantitative estimate of drug-likeness (QED) is 0.500. The van der Waals surface area contributed by atoms with Gasteiger partial charge in [-0.1, -0.05) is 0 Å². The molecule has 1 heterocycles. The first-order valence-electron chi connectivity index (χ1n) is 3.62. The monoisotopic (exact) mass is 194 g/mol. The van der Waals surface area contributed by atoms with Crippen LogP contribution in [0.25, 0.3) is 11.0 Å². The first-order valence-corrected chi connectivity index (χ1v) is 4.03. The molecule has 1 aromatic heterocycles. The van der Waals surface area contributed by atoms with Crippen LogP contribution in [0.5, 0.6) is 11.5 Å². The summed E-state index contributed by atoms with van der Waals surface area (Å²) in [6, 6.07) is 6.10. The number of phenols is 2. The molecule has 0 aliphatic heterocycles. The van der Waals surface area contributed by atoms with Crippen molar-refractivity contribution in [3.63, 3.8) is 0 Å². The Bertz CT molecular complexity index is 516. The molecular formula is C9H6O3S. The fourth-order valence-corrected chi connectivity index (χ4v) is 1.25. The molecule has 0 saturated carbocycles. The molecule has 0 aliphatic rings. The summed E-state index contributed by atoms with van der Waals surface area (Å²) in [5.41, 5.74) is 0.461. The molecule has 2 aromatic rings. The van der Waals surface area contributed by atoms with Gasteiger partial charge in [0.2, 0.25) is 0 Å². The maximum Gasteiger partial charge on any atom is 0.190 e. The van der Waals surface area contributed by atoms with Gasteiger partial charge in [0.25, 0.3) is 0 Å². The van der Waals surface area contributed by atoms with Gasteiger partial charge >= 0.3 is 0 Å². The second kappa shape index (κ2) is 2.74. The van der Waals surface area contributed by atoms with E-state index in [2.05, 4.69) is 0 Å². The lowest BCUT2D eigenvalue weighted by Crippen LogP contribution is -1.73. The van der Waals surface area contributed by atoms with Crippen molar-refractivity contribution in [1.29, 1.82) is 0 Å². The number of aromatic hydroxyl groups is 2. The van der Waals surface area contributed by atoms with Gasteiger partial charge in [0.15, 0.2) is 16.2 Å². The van der Waals surface area contributed by atoms with Gasteiger partial charge in [0, 0.05) is 11.5 Å². The van der Waals surface area contributed by atoms with Gasteiger partial charge in [-0.2, -0.15) is 0 Å². The van der Waals surface area contributed by atoms with Crippen molar-refractivity contribution in [2.24, 2.45) is 0 Å². The molecular weight excluding hydrogens is 188 g/mol. The lowest BCUT2D eigenvalue weighted by molar-refractivity contribution is 0.403. The van der Waals surface area contributed by atoms with E-state index >= 15 is 0 Å². The highest BCUT2D eigenvalue weighted by molar-refractivity contribution is 7.71. The molecule has 0 aliphatic carbocycles. The van der Waals surface area contributed by atoms with E-state index in [-0.39, 0.29) is 11.5 Å². The van der Waals surface area contributed by atoms with Gasteiger partial charge in [0.05, 0.1) is 0 Å². The van der Waals surface area contributed by atoms with E-state index in [1.165, 1.54) is 12.1 Å². The first-order chi connectivity index (χ1) is 6.16. The number of fused-ring (bicyclic) bond motifs is 1. The second-order valence-corrected chi connectivity index (χ2v) is 3.04. The van der Waals surface area contributed by atoms with Crippen LogP contribution in [0, 0.1) is 4.71 Å². The third-order valence-electron chi connectivity index (χ3n) is 1.72. The highest BCUT2D eigenvalue weighted by Gasteiger charge is 2.02. The number of hydrogen-bond acceptors (Lipinski definition) is 4. The maximum atomic E-state index is 9.17. The molecule has 13 heavy (non-hydrogen) atoms. The Morgan fingerprint density at radius 2 is 1.77 bits per heavy atom. The van der Waals surface area contributed by atoms with Crippen molar-refractivity contribution in [3.05, 3.63) is 29.0 Å². The average Bonchev–Trinajstić information content (AvgIpc) is 2.08. The van der Waals surface area contributed by atoms with Crippen LogP contribution in [0.2, 0.25) is 0 Å². The number of hydrogen-bond donors (Lipinski definition) is 2. The topological polar surface area (TPSA) is 53.6 Å². The summed E-state index contributed by atoms with van der Waals surface area (Å²) < 4.78 is 5.49. The predicted octanol–water partition coefficient (Wildman–Crippen LogP) is 2.57. The van der Waals surface area contributed by atoms with Crippen LogP contribution in [-0.2, 0) is 0 Å². The van der Waals surface area contributed by atoms with Crippen molar-refractivity contribution in [2.45, 2.75) is 0 Å². The number of phenolic OH excluding ortho intramolecular Hbond substituents is 2. The molecule has 0 amide bonds. The molecule has 0 radical (unpaired) electrons. The van der Waals surface area contributed by atoms with Gasteiger partial charge in [0.1, 0.15) is 5.58 Å². The normalized spacial score (nSPS) is 10.5. The summed E-state index contributed by atoms with van der Waals surface area (Å²) in [5.74, 6) is -0.378. The zero-order valence-electron chi connectivity index (χ0n) is 6.52. The molecule has 0 atom stereocenters. The van der Waals surface area contributed by atoms with Crippen molar-refractivity contribution in [1.82, 2.24) is 0 Å². The van der Waals surface area contributed by atoms with E-state index in [0.29, 0.717) is 15.7 Å². The maximum absolute atomic E-state index is 9.17. The standard InChI is InChI=1S/C9H6O3S/c10-6-3-5-1-2-9(13)12-8(5)4-7(6)11/h1-4,10-11H. The minimum absolute atomic E-state index is 0.167. The number of benzene rings is 1. The molecule has 4 heteroatoms. The Morgan fingerprint density at radius 3 is 2.54 bits per heavy atom. The Labute approximate surface area is 78.9 Å². The van der Waals surface area contributed by atoms with Crippen LogP contribution in [-0.4, -0.2) is 10.2 Å². The predicted molar refractivity (Wildman–Crippen MR) is 50.4 cm³/mol. The summed E-state index contributed by atoms with van der Waals surface area (Å²) in [6.07, 6.45) is 0. The fraction of sp³-hybridized carbons (Fsp3) is 0. The van der Waals surface area contributed by atoms with Gasteiger partial charge in [-0.25, -0.2) is 0 Å². The van der Waals surface area contributed by atoms with Crippen molar-refractivity contribution < 1.29 is 14.6 Å². The molecule has 0 fully saturated rings. The van der Waals surface area contributed by atoms with Crippen LogP contribution in [0.4, 0.5) is 0 Å². The minimum atomic E-state index is -0.211. The van der Waals surface area contributed by atoms with E-state index in [4.69, 9.17) is 26.8 Å². The Morgan fingerprint density at radius 1 is 1.08 bits per heavy atom. The highest BCUT2D eigenvalue weighted by Crippen LogP contribution is 2.29. The Hall–Kier alpha value is -1.55. The third kappa shape index (κ3) is 1.36. The highest BCUT2D eigenvalue weighted by atomic mass is 32.1. The van der Waals surface area contributed by atoms with Crippen molar-refractivity contribution in [3.8, 4) is 11.5 Å². The molecule has 2 rings (SSSR count). The first kappa shape index (κ1) is 8.07. The molecule has 0 spiro atoms. The van der Waals surface area contributed by atoms with Crippen LogP contribution in [0.3, 0.4) is 0 Å². The zero-order chi connectivity index (χ0) is 9.42. The van der Waals surface area contributed by atoms with Crippen LogP contribution in [0.1, 0.15) is 0 Å². The van der Waals surface area contributed by atoms with Gasteiger partial charge in [-0.15, -0.1) is 0 Å². The number of rotatable bonds is 0. The molecule has 2 N–H and O–H groups in total. The summed E-state index contributed by atoms with van der Waals surface area (Å²) in [4.78, 5) is 0. The zero-order valence-corrected chi connectivity index (χ0v) is 7.34. The summed E-state index contributed by atoms with van der Waals surface area (Å²) in [5, 5.41) is 19.0. The summed E-state index contributed by atoms with van der Waals surface area (Å²) in [7, 11) is 0. The van der Waals surface area contributed by atoms with E-state index in [1.54, 1.807) is 12.1 Å². The van der Waals surface area contributed by atoms with Crippen LogP contribution < -0.4 is 0 Å². The van der Waals surface area contributed by atoms with Crippen molar-refractivity contribution in [2.75, 3.05) is 0 Å². The Balaban J connectivity index is 2.89.